The van der Waals surface area contributed by atoms with Gasteiger partial charge in [-0.25, -0.2) is 0 Å². The van der Waals surface area contributed by atoms with E-state index in [9.17, 15) is 4.79 Å². The Morgan fingerprint density at radius 2 is 1.92 bits per heavy atom. The summed E-state index contributed by atoms with van der Waals surface area (Å²) in [5, 5.41) is 3.99. The van der Waals surface area contributed by atoms with Gasteiger partial charge in [0, 0.05) is 11.6 Å². The Morgan fingerprint density at radius 3 is 2.58 bits per heavy atom. The maximum absolute atomic E-state index is 12.4. The van der Waals surface area contributed by atoms with E-state index in [0.29, 0.717) is 45.1 Å². The summed E-state index contributed by atoms with van der Waals surface area (Å²) < 4.78 is 10.4. The Morgan fingerprint density at radius 1 is 1.19 bits per heavy atom. The number of hydrazine groups is 1. The molecule has 1 amide bonds. The fourth-order valence-electron chi connectivity index (χ4n) is 3.22. The smallest absolute Gasteiger partial charge is 0.269 e. The lowest BCUT2D eigenvalue weighted by Gasteiger charge is -2.35. The molecule has 1 aliphatic carbocycles. The van der Waals surface area contributed by atoms with Gasteiger partial charge in [0.15, 0.2) is 16.6 Å². The van der Waals surface area contributed by atoms with Crippen LogP contribution in [0.3, 0.4) is 0 Å². The van der Waals surface area contributed by atoms with Crippen molar-refractivity contribution in [3.63, 3.8) is 0 Å². The van der Waals surface area contributed by atoms with E-state index in [1.165, 1.54) is 33.1 Å². The van der Waals surface area contributed by atoms with Crippen LogP contribution in [0, 0.1) is 11.8 Å². The van der Waals surface area contributed by atoms with Gasteiger partial charge < -0.3 is 14.8 Å². The van der Waals surface area contributed by atoms with Gasteiger partial charge in [0.1, 0.15) is 0 Å². The number of hydrogen-bond donors (Lipinski definition) is 3. The van der Waals surface area contributed by atoms with Crippen molar-refractivity contribution in [1.82, 2.24) is 16.2 Å². The molecule has 0 aliphatic heterocycles. The van der Waals surface area contributed by atoms with Crippen LogP contribution < -0.4 is 25.6 Å². The largest absolute Gasteiger partial charge is 0.493 e. The number of rotatable bonds is 4. The zero-order chi connectivity index (χ0) is 19.3. The van der Waals surface area contributed by atoms with Crippen LogP contribution in [-0.4, -0.2) is 31.3 Å². The summed E-state index contributed by atoms with van der Waals surface area (Å²) in [6.45, 7) is 4.49. The highest BCUT2D eigenvalue weighted by Gasteiger charge is 2.27. The van der Waals surface area contributed by atoms with Gasteiger partial charge in [-0.3, -0.25) is 15.6 Å². The highest BCUT2D eigenvalue weighted by atomic mass is 35.5. The van der Waals surface area contributed by atoms with Crippen molar-refractivity contribution in [3.05, 3.63) is 22.7 Å². The molecule has 1 aliphatic rings. The van der Waals surface area contributed by atoms with E-state index in [1.54, 1.807) is 6.07 Å². The Balaban J connectivity index is 1.94. The standard InChI is InChI=1S/C18H26ClN3O3S/c1-10-6-5-7-14(11(10)2)20-18(26)22-21-17(23)12-8-13(19)16(25-4)15(9-12)24-3/h8-11,14H,5-7H2,1-4H3,(H,21,23)(H2,20,22,26)/t10-,11-,14+/m1/s1. The van der Waals surface area contributed by atoms with Gasteiger partial charge in [0.2, 0.25) is 0 Å². The van der Waals surface area contributed by atoms with Crippen LogP contribution in [-0.2, 0) is 0 Å². The molecule has 3 N–H and O–H groups in total. The molecule has 0 radical (unpaired) electrons. The van der Waals surface area contributed by atoms with Gasteiger partial charge in [-0.1, -0.05) is 38.3 Å². The lowest BCUT2D eigenvalue weighted by atomic mass is 9.78. The van der Waals surface area contributed by atoms with Crippen LogP contribution in [0.15, 0.2) is 12.1 Å². The molecule has 3 atom stereocenters. The van der Waals surface area contributed by atoms with Gasteiger partial charge in [0.25, 0.3) is 5.91 Å². The number of hydrogen-bond acceptors (Lipinski definition) is 4. The van der Waals surface area contributed by atoms with Crippen molar-refractivity contribution < 1.29 is 14.3 Å². The van der Waals surface area contributed by atoms with E-state index >= 15 is 0 Å². The minimum atomic E-state index is -0.373. The molecule has 2 rings (SSSR count). The van der Waals surface area contributed by atoms with E-state index in [0.717, 1.165) is 6.42 Å². The van der Waals surface area contributed by atoms with Gasteiger partial charge in [-0.15, -0.1) is 0 Å². The highest BCUT2D eigenvalue weighted by Crippen LogP contribution is 2.36. The third kappa shape index (κ3) is 4.92. The molecule has 6 nitrogen and oxygen atoms in total. The average molecular weight is 400 g/mol. The summed E-state index contributed by atoms with van der Waals surface area (Å²) in [5.74, 6) is 1.59. The number of thiocarbonyl (C=S) groups is 1. The second-order valence-electron chi connectivity index (χ2n) is 6.62. The Hall–Kier alpha value is -1.73. The zero-order valence-electron chi connectivity index (χ0n) is 15.5. The first kappa shape index (κ1) is 20.6. The number of carbonyl (C=O) groups excluding carboxylic acids is 1. The molecule has 8 heteroatoms. The maximum Gasteiger partial charge on any atom is 0.269 e. The number of nitrogens with one attached hydrogen (secondary N) is 3. The molecule has 144 valence electrons. The van der Waals surface area contributed by atoms with Crippen LogP contribution in [0.2, 0.25) is 5.02 Å². The molecule has 0 heterocycles. The summed E-state index contributed by atoms with van der Waals surface area (Å²) in [7, 11) is 2.97. The average Bonchev–Trinajstić information content (AvgIpc) is 2.62. The van der Waals surface area contributed by atoms with Gasteiger partial charge in [-0.2, -0.15) is 0 Å². The fraction of sp³-hybridized carbons (Fsp3) is 0.556. The monoisotopic (exact) mass is 399 g/mol. The van der Waals surface area contributed by atoms with E-state index in [1.807, 2.05) is 0 Å². The van der Waals surface area contributed by atoms with E-state index in [-0.39, 0.29) is 5.91 Å². The van der Waals surface area contributed by atoms with Crippen LogP contribution in [0.1, 0.15) is 43.5 Å². The molecule has 1 fully saturated rings. The summed E-state index contributed by atoms with van der Waals surface area (Å²) >= 11 is 11.4. The van der Waals surface area contributed by atoms with Crippen molar-refractivity contribution in [2.24, 2.45) is 11.8 Å². The first-order valence-corrected chi connectivity index (χ1v) is 9.44. The summed E-state index contributed by atoms with van der Waals surface area (Å²) in [4.78, 5) is 12.4. The number of amides is 1. The quantitative estimate of drug-likeness (QED) is 0.533. The predicted octanol–water partition coefficient (Wildman–Crippen LogP) is 3.29. The van der Waals surface area contributed by atoms with E-state index < -0.39 is 0 Å². The van der Waals surface area contributed by atoms with Crippen LogP contribution in [0.5, 0.6) is 11.5 Å². The van der Waals surface area contributed by atoms with Crippen molar-refractivity contribution in [1.29, 1.82) is 0 Å². The Bertz CT molecular complexity index is 671. The first-order valence-electron chi connectivity index (χ1n) is 8.65. The molecular formula is C18H26ClN3O3S. The summed E-state index contributed by atoms with van der Waals surface area (Å²) in [6, 6.07) is 3.39. The lowest BCUT2D eigenvalue weighted by molar-refractivity contribution is 0.0942. The number of methoxy groups -OCH3 is 2. The van der Waals surface area contributed by atoms with Crippen molar-refractivity contribution in [2.45, 2.75) is 39.2 Å². The van der Waals surface area contributed by atoms with Gasteiger partial charge in [0.05, 0.1) is 19.2 Å². The Kier molecular flexibility index (Phi) is 7.34. The zero-order valence-corrected chi connectivity index (χ0v) is 17.1. The number of carbonyl (C=O) groups is 1. The van der Waals surface area contributed by atoms with Crippen LogP contribution >= 0.6 is 23.8 Å². The minimum Gasteiger partial charge on any atom is -0.493 e. The van der Waals surface area contributed by atoms with Gasteiger partial charge in [-0.05, 0) is 42.6 Å². The first-order chi connectivity index (χ1) is 12.4. The van der Waals surface area contributed by atoms with Crippen molar-refractivity contribution in [2.75, 3.05) is 14.2 Å². The molecule has 1 saturated carbocycles. The van der Waals surface area contributed by atoms with Crippen molar-refractivity contribution >= 4 is 34.8 Å². The molecule has 1 aromatic carbocycles. The molecular weight excluding hydrogens is 374 g/mol. The molecule has 0 saturated heterocycles. The van der Waals surface area contributed by atoms with Crippen molar-refractivity contribution in [3.8, 4) is 11.5 Å². The molecule has 0 aromatic heterocycles. The minimum absolute atomic E-state index is 0.294. The normalized spacial score (nSPS) is 22.3. The lowest BCUT2D eigenvalue weighted by Crippen LogP contribution is -2.52. The third-order valence-corrected chi connectivity index (χ3v) is 5.51. The molecule has 1 aromatic rings. The van der Waals surface area contributed by atoms with Gasteiger partial charge >= 0.3 is 0 Å². The Labute approximate surface area is 164 Å². The maximum atomic E-state index is 12.4. The van der Waals surface area contributed by atoms with Crippen LogP contribution in [0.25, 0.3) is 0 Å². The predicted molar refractivity (Wildman–Crippen MR) is 107 cm³/mol. The molecule has 26 heavy (non-hydrogen) atoms. The second kappa shape index (κ2) is 9.28. The fourth-order valence-corrected chi connectivity index (χ4v) is 3.72. The summed E-state index contributed by atoms with van der Waals surface area (Å²) in [5.41, 5.74) is 5.67. The van der Waals surface area contributed by atoms with Crippen LogP contribution in [0.4, 0.5) is 0 Å². The number of benzene rings is 1. The van der Waals surface area contributed by atoms with E-state index in [4.69, 9.17) is 33.3 Å². The second-order valence-corrected chi connectivity index (χ2v) is 7.44. The molecule has 0 unspecified atom stereocenters. The SMILES string of the molecule is COc1cc(C(=O)NNC(=S)N[C@H]2CCC[C@@H](C)[C@H]2C)cc(Cl)c1OC. The number of halogens is 1. The molecule has 0 bridgehead atoms. The highest BCUT2D eigenvalue weighted by molar-refractivity contribution is 7.80. The molecule has 0 spiro atoms. The third-order valence-electron chi connectivity index (χ3n) is 5.01. The summed E-state index contributed by atoms with van der Waals surface area (Å²) in [6.07, 6.45) is 3.51. The topological polar surface area (TPSA) is 71.6 Å². The number of ether oxygens (including phenoxy) is 2. The van der Waals surface area contributed by atoms with E-state index in [2.05, 4.69) is 30.0 Å².